The molecule has 0 unspecified atom stereocenters. The minimum atomic E-state index is -0.572. The summed E-state index contributed by atoms with van der Waals surface area (Å²) in [6.45, 7) is 0. The molecule has 0 amide bonds. The molecule has 0 N–H and O–H groups in total. The number of nitrogens with zero attached hydrogens (tertiary/aromatic N) is 3. The second-order valence-corrected chi connectivity index (χ2v) is 15.5. The number of ether oxygens (including phenoxy) is 2. The maximum atomic E-state index is 7.27. The van der Waals surface area contributed by atoms with Gasteiger partial charge in [-0.25, -0.2) is 15.0 Å². The van der Waals surface area contributed by atoms with Crippen molar-refractivity contribution in [1.29, 1.82) is 0 Å². The van der Waals surface area contributed by atoms with Gasteiger partial charge in [-0.3, -0.25) is 0 Å². The summed E-state index contributed by atoms with van der Waals surface area (Å²) < 4.78 is 14.1. The van der Waals surface area contributed by atoms with E-state index in [4.69, 9.17) is 24.4 Å². The van der Waals surface area contributed by atoms with E-state index in [0.717, 1.165) is 55.3 Å². The van der Waals surface area contributed by atoms with Gasteiger partial charge in [-0.05, 0) is 62.4 Å². The van der Waals surface area contributed by atoms with Crippen LogP contribution in [0.15, 0.2) is 212 Å². The Labute approximate surface area is 353 Å². The van der Waals surface area contributed by atoms with Gasteiger partial charge in [-0.1, -0.05) is 194 Å². The average molecular weight is 782 g/mol. The number of aromatic nitrogens is 3. The summed E-state index contributed by atoms with van der Waals surface area (Å²) in [5, 5.41) is 2.28. The van der Waals surface area contributed by atoms with Crippen LogP contribution in [-0.4, -0.2) is 15.0 Å². The average Bonchev–Trinajstić information content (AvgIpc) is 3.65. The molecule has 5 heteroatoms. The Morgan fingerprint density at radius 2 is 0.902 bits per heavy atom. The van der Waals surface area contributed by atoms with Gasteiger partial charge in [0.1, 0.15) is 0 Å². The van der Waals surface area contributed by atoms with E-state index < -0.39 is 5.41 Å². The van der Waals surface area contributed by atoms with Crippen LogP contribution in [-0.2, 0) is 5.41 Å². The quantitative estimate of drug-likeness (QED) is 0.168. The highest BCUT2D eigenvalue weighted by Gasteiger charge is 2.48. The number of hydrogen-bond acceptors (Lipinski definition) is 5. The van der Waals surface area contributed by atoms with Gasteiger partial charge in [-0.15, -0.1) is 0 Å². The summed E-state index contributed by atoms with van der Waals surface area (Å²) in [5.41, 5.74) is 10.8. The molecule has 0 atom stereocenters. The lowest BCUT2D eigenvalue weighted by Gasteiger charge is -2.34. The summed E-state index contributed by atoms with van der Waals surface area (Å²) >= 11 is 0. The van der Waals surface area contributed by atoms with Gasteiger partial charge in [0, 0.05) is 27.8 Å². The first-order chi connectivity index (χ1) is 30.2. The zero-order chi connectivity index (χ0) is 40.3. The SMILES string of the molecule is c1ccc(-c2nc(-c3ccc4ccccc4c3)nc(-c3ccccc3-c3cccc4c3Oc3c(ccc5c3-c3ccccc3C5(c3ccccc3)c3ccccc3)O4)n2)cc1. The summed E-state index contributed by atoms with van der Waals surface area (Å²) in [4.78, 5) is 15.4. The number of rotatable bonds is 6. The molecule has 61 heavy (non-hydrogen) atoms. The Kier molecular flexibility index (Phi) is 8.00. The molecule has 10 aromatic rings. The molecule has 0 fully saturated rings. The first-order valence-corrected chi connectivity index (χ1v) is 20.5. The minimum Gasteiger partial charge on any atom is -0.449 e. The molecule has 0 bridgehead atoms. The smallest absolute Gasteiger partial charge is 0.178 e. The van der Waals surface area contributed by atoms with Crippen LogP contribution in [0.2, 0.25) is 0 Å². The van der Waals surface area contributed by atoms with E-state index in [0.29, 0.717) is 40.5 Å². The highest BCUT2D eigenvalue weighted by Crippen LogP contribution is 2.63. The van der Waals surface area contributed by atoms with Crippen LogP contribution in [0.4, 0.5) is 0 Å². The molecule has 12 rings (SSSR count). The molecule has 0 saturated heterocycles. The largest absolute Gasteiger partial charge is 0.449 e. The van der Waals surface area contributed by atoms with Crippen molar-refractivity contribution in [2.45, 2.75) is 5.41 Å². The molecule has 1 aliphatic carbocycles. The summed E-state index contributed by atoms with van der Waals surface area (Å²) in [6, 6.07) is 73.7. The van der Waals surface area contributed by atoms with Crippen LogP contribution in [0.1, 0.15) is 22.3 Å². The number of fused-ring (bicyclic) bond motifs is 7. The van der Waals surface area contributed by atoms with Crippen LogP contribution in [0.5, 0.6) is 23.0 Å². The van der Waals surface area contributed by atoms with Crippen molar-refractivity contribution < 1.29 is 9.47 Å². The predicted molar refractivity (Wildman–Crippen MR) is 243 cm³/mol. The van der Waals surface area contributed by atoms with Gasteiger partial charge in [-0.2, -0.15) is 0 Å². The third-order valence-electron chi connectivity index (χ3n) is 12.1. The van der Waals surface area contributed by atoms with Gasteiger partial charge in [0.05, 0.1) is 5.41 Å². The standard InChI is InChI=1S/C56H35N3O2/c1-4-18-37(19-5-1)53-57-54(39-32-31-36-17-10-11-20-38(36)35-39)59-55(58-53)44-26-13-12-25-42(44)43-28-16-30-48-51(43)61-52-49(60-48)34-33-47-50(52)45-27-14-15-29-46(45)56(47,40-21-6-2-7-22-40)41-23-8-3-9-24-41/h1-35H. The predicted octanol–water partition coefficient (Wildman–Crippen LogP) is 14.0. The van der Waals surface area contributed by atoms with Gasteiger partial charge in [0.25, 0.3) is 0 Å². The van der Waals surface area contributed by atoms with E-state index in [1.807, 2.05) is 54.6 Å². The fourth-order valence-electron chi connectivity index (χ4n) is 9.38. The maximum absolute atomic E-state index is 7.27. The van der Waals surface area contributed by atoms with Crippen LogP contribution in [0, 0.1) is 0 Å². The van der Waals surface area contributed by atoms with Gasteiger partial charge < -0.3 is 9.47 Å². The second-order valence-electron chi connectivity index (χ2n) is 15.5. The number of hydrogen-bond donors (Lipinski definition) is 0. The molecule has 0 radical (unpaired) electrons. The Bertz CT molecular complexity index is 3270. The number of para-hydroxylation sites is 1. The van der Waals surface area contributed by atoms with E-state index in [-0.39, 0.29) is 0 Å². The third kappa shape index (κ3) is 5.52. The lowest BCUT2D eigenvalue weighted by atomic mass is 9.68. The van der Waals surface area contributed by atoms with Crippen molar-refractivity contribution in [3.8, 4) is 79.4 Å². The Balaban J connectivity index is 1.03. The van der Waals surface area contributed by atoms with Gasteiger partial charge in [0.15, 0.2) is 40.5 Å². The van der Waals surface area contributed by atoms with Crippen LogP contribution in [0.25, 0.3) is 67.2 Å². The molecule has 286 valence electrons. The van der Waals surface area contributed by atoms with Crippen molar-refractivity contribution in [2.24, 2.45) is 0 Å². The van der Waals surface area contributed by atoms with Crippen molar-refractivity contribution in [3.63, 3.8) is 0 Å². The zero-order valence-electron chi connectivity index (χ0n) is 32.9. The van der Waals surface area contributed by atoms with Crippen LogP contribution >= 0.6 is 0 Å². The highest BCUT2D eigenvalue weighted by atomic mass is 16.6. The summed E-state index contributed by atoms with van der Waals surface area (Å²) in [7, 11) is 0. The zero-order valence-corrected chi connectivity index (χ0v) is 32.9. The molecular weight excluding hydrogens is 747 g/mol. The molecular formula is C56H35N3O2. The van der Waals surface area contributed by atoms with E-state index in [1.165, 1.54) is 16.7 Å². The fraction of sp³-hybridized carbons (Fsp3) is 0.0179. The third-order valence-corrected chi connectivity index (χ3v) is 12.1. The molecule has 1 aromatic heterocycles. The summed E-state index contributed by atoms with van der Waals surface area (Å²) in [5.74, 6) is 4.41. The summed E-state index contributed by atoms with van der Waals surface area (Å²) in [6.07, 6.45) is 0. The van der Waals surface area contributed by atoms with Gasteiger partial charge in [0.2, 0.25) is 0 Å². The van der Waals surface area contributed by atoms with Crippen molar-refractivity contribution in [3.05, 3.63) is 235 Å². The van der Waals surface area contributed by atoms with E-state index in [1.54, 1.807) is 0 Å². The van der Waals surface area contributed by atoms with Crippen LogP contribution < -0.4 is 9.47 Å². The number of benzene rings is 9. The molecule has 0 saturated carbocycles. The lowest BCUT2D eigenvalue weighted by Crippen LogP contribution is -2.28. The second kappa shape index (κ2) is 14.0. The van der Waals surface area contributed by atoms with Crippen LogP contribution in [0.3, 0.4) is 0 Å². The Morgan fingerprint density at radius 1 is 0.328 bits per heavy atom. The molecule has 2 heterocycles. The molecule has 2 aliphatic rings. The molecule has 1 aliphatic heterocycles. The van der Waals surface area contributed by atoms with E-state index in [2.05, 4.69) is 158 Å². The normalized spacial score (nSPS) is 13.0. The van der Waals surface area contributed by atoms with Crippen molar-refractivity contribution in [2.75, 3.05) is 0 Å². The molecule has 9 aromatic carbocycles. The first-order valence-electron chi connectivity index (χ1n) is 20.5. The molecule has 5 nitrogen and oxygen atoms in total. The highest BCUT2D eigenvalue weighted by molar-refractivity contribution is 5.94. The first kappa shape index (κ1) is 34.9. The Hall–Kier alpha value is -8.15. The van der Waals surface area contributed by atoms with Gasteiger partial charge >= 0.3 is 0 Å². The minimum absolute atomic E-state index is 0.563. The van der Waals surface area contributed by atoms with E-state index >= 15 is 0 Å². The van der Waals surface area contributed by atoms with Crippen molar-refractivity contribution in [1.82, 2.24) is 15.0 Å². The lowest BCUT2D eigenvalue weighted by molar-refractivity contribution is 0.361. The fourth-order valence-corrected chi connectivity index (χ4v) is 9.38. The monoisotopic (exact) mass is 781 g/mol. The maximum Gasteiger partial charge on any atom is 0.178 e. The van der Waals surface area contributed by atoms with E-state index in [9.17, 15) is 0 Å². The van der Waals surface area contributed by atoms with Crippen molar-refractivity contribution >= 4 is 10.8 Å². The molecule has 0 spiro atoms. The Morgan fingerprint density at radius 3 is 1.66 bits per heavy atom. The topological polar surface area (TPSA) is 57.1 Å².